The van der Waals surface area contributed by atoms with Crippen LogP contribution < -0.4 is 94.3 Å². The number of hydrogen-bond acceptors (Lipinski definition) is 8. The summed E-state index contributed by atoms with van der Waals surface area (Å²) in [4.78, 5) is 9.07. The van der Waals surface area contributed by atoms with Crippen molar-refractivity contribution in [3.8, 4) is 52.1 Å². The third kappa shape index (κ3) is 4.50. The lowest BCUT2D eigenvalue weighted by molar-refractivity contribution is 0.463. The molecule has 0 spiro atoms. The minimum Gasteiger partial charge on any atom is -0.469 e. The van der Waals surface area contributed by atoms with Gasteiger partial charge < -0.3 is 28.7 Å². The molecule has 9 heterocycles. The summed E-state index contributed by atoms with van der Waals surface area (Å²) in [6.45, 7) is 8.06. The highest BCUT2D eigenvalue weighted by Crippen LogP contribution is 2.53. The molecule has 0 unspecified atom stereocenters. The predicted octanol–water partition coefficient (Wildman–Crippen LogP) is 7.16. The minimum atomic E-state index is -0.246. The van der Waals surface area contributed by atoms with E-state index < -0.39 is 0 Å². The van der Waals surface area contributed by atoms with Crippen LogP contribution in [0.2, 0.25) is 0 Å². The van der Waals surface area contributed by atoms with Gasteiger partial charge in [0, 0.05) is 54.3 Å². The summed E-state index contributed by atoms with van der Waals surface area (Å²) in [6.07, 6.45) is 0. The number of para-hydroxylation sites is 6. The van der Waals surface area contributed by atoms with Gasteiger partial charge in [-0.05, 0) is 114 Å². The average Bonchev–Trinajstić information content (AvgIpc) is 3.83. The average molecular weight is 968 g/mol. The van der Waals surface area contributed by atoms with E-state index in [1.807, 2.05) is 24.3 Å². The molecule has 8 nitrogen and oxygen atoms in total. The summed E-state index contributed by atoms with van der Waals surface area (Å²) in [7, 11) is 0. The molecule has 0 aliphatic carbocycles. The van der Waals surface area contributed by atoms with Crippen LogP contribution in [0.25, 0.3) is 25.0 Å². The molecule has 1 aromatic heterocycles. The zero-order valence-electron chi connectivity index (χ0n) is 39.3. The molecule has 0 N–H and O–H groups in total. The van der Waals surface area contributed by atoms with Crippen molar-refractivity contribution in [3.63, 3.8) is 0 Å². The number of nitriles is 1. The van der Waals surface area contributed by atoms with Crippen LogP contribution in [0.5, 0.6) is 46.0 Å². The van der Waals surface area contributed by atoms with Crippen molar-refractivity contribution >= 4 is 164 Å². The molecule has 0 bridgehead atoms. The van der Waals surface area contributed by atoms with E-state index in [1.54, 1.807) is 11.3 Å². The number of benzene rings is 10. The molecule has 8 aliphatic rings. The first kappa shape index (κ1) is 39.0. The highest BCUT2D eigenvalue weighted by molar-refractivity contribution is 7.26. The van der Waals surface area contributed by atoms with Gasteiger partial charge in [-0.15, -0.1) is 11.3 Å². The Hall–Kier alpha value is -9.54. The SMILES string of the molecule is [C-]#[N+]c1c2c3c4c5c1Oc1cc6sc7cc8c(cc7c6cc1B5c1ccccc1N4c1ccccc1B3c1ccccc1O2)B1c2ccccc2N2c3ccccc3B3c4ccccc4Oc4c(C#N)c(c1c2c43)O8. The first-order valence-electron chi connectivity index (χ1n) is 25.3. The third-order valence-corrected chi connectivity index (χ3v) is 18.4. The molecule has 0 atom stereocenters. The number of ether oxygens (including phenoxy) is 4. The molecule has 0 saturated carbocycles. The Morgan fingerprint density at radius 3 is 1.19 bits per heavy atom. The van der Waals surface area contributed by atoms with E-state index in [9.17, 15) is 5.26 Å². The third-order valence-electron chi connectivity index (χ3n) is 17.3. The Kier molecular flexibility index (Phi) is 6.95. The first-order chi connectivity index (χ1) is 37.1. The second kappa shape index (κ2) is 13.3. The number of hydrogen-bond donors (Lipinski definition) is 0. The fraction of sp³-hybridized carbons (Fsp3) is 0. The van der Waals surface area contributed by atoms with Crippen molar-refractivity contribution in [3.05, 3.63) is 187 Å². The summed E-state index contributed by atoms with van der Waals surface area (Å²) in [5.41, 5.74) is 20.2. The Morgan fingerprint density at radius 2 is 0.760 bits per heavy atom. The van der Waals surface area contributed by atoms with E-state index in [-0.39, 0.29) is 26.9 Å². The van der Waals surface area contributed by atoms with Crippen molar-refractivity contribution in [2.45, 2.75) is 0 Å². The van der Waals surface area contributed by atoms with E-state index >= 15 is 0 Å². The minimum absolute atomic E-state index is 0.141. The molecule has 0 fully saturated rings. The van der Waals surface area contributed by atoms with E-state index in [2.05, 4.69) is 166 Å². The summed E-state index contributed by atoms with van der Waals surface area (Å²) < 4.78 is 30.3. The summed E-state index contributed by atoms with van der Waals surface area (Å²) in [5.74, 6) is 5.18. The van der Waals surface area contributed by atoms with Crippen molar-refractivity contribution in [1.29, 1.82) is 5.26 Å². The lowest BCUT2D eigenvalue weighted by atomic mass is 9.29. The molecular formula is C62H28B4N4O4S. The Labute approximate surface area is 434 Å². The van der Waals surface area contributed by atoms with E-state index in [0.29, 0.717) is 34.2 Å². The van der Waals surface area contributed by atoms with Gasteiger partial charge in [-0.1, -0.05) is 121 Å². The van der Waals surface area contributed by atoms with Crippen LogP contribution >= 0.6 is 11.3 Å². The quantitative estimate of drug-likeness (QED) is 0.118. The largest absolute Gasteiger partial charge is 0.469 e. The maximum atomic E-state index is 11.3. The van der Waals surface area contributed by atoms with Crippen molar-refractivity contribution in [2.75, 3.05) is 9.80 Å². The van der Waals surface area contributed by atoms with Gasteiger partial charge in [0.25, 0.3) is 32.5 Å². The maximum Gasteiger partial charge on any atom is 0.269 e. The van der Waals surface area contributed by atoms with Crippen LogP contribution in [0, 0.1) is 17.9 Å². The smallest absolute Gasteiger partial charge is 0.269 e. The van der Waals surface area contributed by atoms with Crippen LogP contribution in [0.15, 0.2) is 170 Å². The van der Waals surface area contributed by atoms with Gasteiger partial charge in [-0.3, -0.25) is 0 Å². The summed E-state index contributed by atoms with van der Waals surface area (Å²) >= 11 is 1.70. The molecule has 75 heavy (non-hydrogen) atoms. The molecule has 13 heteroatoms. The van der Waals surface area contributed by atoms with Crippen LogP contribution in [-0.2, 0) is 0 Å². The van der Waals surface area contributed by atoms with Gasteiger partial charge in [-0.25, -0.2) is 4.85 Å². The number of thiophene rings is 1. The molecule has 0 amide bonds. The van der Waals surface area contributed by atoms with Gasteiger partial charge in [0.2, 0.25) is 0 Å². The van der Waals surface area contributed by atoms with Crippen LogP contribution in [-0.4, -0.2) is 26.9 Å². The molecular weight excluding hydrogens is 940 g/mol. The summed E-state index contributed by atoms with van der Waals surface area (Å²) in [6, 6.07) is 63.0. The van der Waals surface area contributed by atoms with Crippen molar-refractivity contribution < 1.29 is 18.9 Å². The van der Waals surface area contributed by atoms with E-state index in [4.69, 9.17) is 25.5 Å². The molecule has 0 saturated heterocycles. The number of fused-ring (bicyclic) bond motifs is 23. The predicted molar refractivity (Wildman–Crippen MR) is 304 cm³/mol. The zero-order valence-corrected chi connectivity index (χ0v) is 40.1. The molecule has 338 valence electrons. The number of anilines is 6. The van der Waals surface area contributed by atoms with E-state index in [1.165, 1.54) is 10.9 Å². The van der Waals surface area contributed by atoms with Gasteiger partial charge in [0.1, 0.15) is 57.6 Å². The van der Waals surface area contributed by atoms with Gasteiger partial charge in [0.15, 0.2) is 0 Å². The zero-order chi connectivity index (χ0) is 48.7. The van der Waals surface area contributed by atoms with Gasteiger partial charge in [-0.2, -0.15) is 5.26 Å². The molecule has 8 aliphatic heterocycles. The number of rotatable bonds is 0. The summed E-state index contributed by atoms with van der Waals surface area (Å²) in [5, 5.41) is 13.5. The van der Waals surface area contributed by atoms with Crippen LogP contribution in [0.4, 0.5) is 39.8 Å². The lowest BCUT2D eigenvalue weighted by Gasteiger charge is -2.47. The van der Waals surface area contributed by atoms with Crippen LogP contribution in [0.3, 0.4) is 0 Å². The van der Waals surface area contributed by atoms with Crippen LogP contribution in [0.1, 0.15) is 5.56 Å². The first-order valence-corrected chi connectivity index (χ1v) is 26.1. The Morgan fingerprint density at radius 1 is 0.413 bits per heavy atom. The monoisotopic (exact) mass is 968 g/mol. The maximum absolute atomic E-state index is 11.3. The molecule has 0 radical (unpaired) electrons. The van der Waals surface area contributed by atoms with Gasteiger partial charge in [0.05, 0.1) is 6.57 Å². The highest BCUT2D eigenvalue weighted by Gasteiger charge is 2.54. The highest BCUT2D eigenvalue weighted by atomic mass is 32.1. The topological polar surface area (TPSA) is 71.5 Å². The van der Waals surface area contributed by atoms with Gasteiger partial charge >= 0.3 is 0 Å². The van der Waals surface area contributed by atoms with E-state index in [0.717, 1.165) is 132 Å². The fourth-order valence-corrected chi connectivity index (χ4v) is 15.7. The molecule has 11 aromatic rings. The Bertz CT molecular complexity index is 4440. The standard InChI is InChI=1S/C62H28B4N4O4S/c1-68-56-61-54-58-55-62(56)74-49-29-51-32(27-41(49)66(55)37-17-5-11-23-45(37)70(58)43-21-9-3-15-35(43)64(54)39-19-7-13-25-47(39)72-61)31-26-40-48(28-50(31)75-51)73-60-33(30-67)59-52-57-53(60)65(40)36-16-4-10-22-44(36)69(57)42-20-8-2-14-34(42)63(52)38-18-6-12-24-46(38)71-59/h2-29H. The van der Waals surface area contributed by atoms with Crippen molar-refractivity contribution in [1.82, 2.24) is 0 Å². The lowest BCUT2D eigenvalue weighted by Crippen LogP contribution is -2.67. The number of nitrogens with zero attached hydrogens (tertiary/aromatic N) is 4. The normalized spacial score (nSPS) is 14.6. The molecule has 10 aromatic carbocycles. The fourth-order valence-electron chi connectivity index (χ4n) is 14.6. The Balaban J connectivity index is 0.858. The second-order valence-electron chi connectivity index (χ2n) is 20.6. The molecule has 19 rings (SSSR count). The van der Waals surface area contributed by atoms with Crippen molar-refractivity contribution in [2.24, 2.45) is 0 Å². The second-order valence-corrected chi connectivity index (χ2v) is 21.7.